The van der Waals surface area contributed by atoms with Gasteiger partial charge in [-0.15, -0.1) is 0 Å². The number of phenolic OH excluding ortho intramolecular Hbond substituents is 1. The monoisotopic (exact) mass is 298 g/mol. The fourth-order valence-electron chi connectivity index (χ4n) is 2.13. The van der Waals surface area contributed by atoms with Gasteiger partial charge in [-0.25, -0.2) is 0 Å². The molecule has 0 aromatic heterocycles. The summed E-state index contributed by atoms with van der Waals surface area (Å²) in [5.74, 6) is 0.219. The fraction of sp³-hybridized carbons (Fsp3) is 0.500. The van der Waals surface area contributed by atoms with Crippen LogP contribution in [0.2, 0.25) is 0 Å². The molecule has 1 saturated heterocycles. The molecule has 5 heteroatoms. The molecule has 3 nitrogen and oxygen atoms in total. The SMILES string of the molecule is C[C@@H]1CC(C)(C)OB(c2ccc(O)c(Br)c2)O1. The van der Waals surface area contributed by atoms with Crippen molar-refractivity contribution in [3.63, 3.8) is 0 Å². The van der Waals surface area contributed by atoms with E-state index in [1.54, 1.807) is 6.07 Å². The average Bonchev–Trinajstić information content (AvgIpc) is 2.19. The zero-order valence-electron chi connectivity index (χ0n) is 10.2. The first-order chi connectivity index (χ1) is 7.87. The highest BCUT2D eigenvalue weighted by atomic mass is 79.9. The molecule has 0 radical (unpaired) electrons. The van der Waals surface area contributed by atoms with E-state index < -0.39 is 0 Å². The number of rotatable bonds is 1. The van der Waals surface area contributed by atoms with Crippen molar-refractivity contribution < 1.29 is 14.4 Å². The van der Waals surface area contributed by atoms with Gasteiger partial charge in [0.25, 0.3) is 0 Å². The molecule has 2 rings (SSSR count). The van der Waals surface area contributed by atoms with Gasteiger partial charge >= 0.3 is 7.12 Å². The molecular weight excluding hydrogens is 283 g/mol. The summed E-state index contributed by atoms with van der Waals surface area (Å²) in [5.41, 5.74) is 0.724. The first-order valence-electron chi connectivity index (χ1n) is 5.69. The Morgan fingerprint density at radius 2 is 2.18 bits per heavy atom. The highest BCUT2D eigenvalue weighted by Gasteiger charge is 2.38. The van der Waals surface area contributed by atoms with E-state index in [9.17, 15) is 5.11 Å². The van der Waals surface area contributed by atoms with E-state index >= 15 is 0 Å². The zero-order valence-corrected chi connectivity index (χ0v) is 11.8. The predicted molar refractivity (Wildman–Crippen MR) is 71.5 cm³/mol. The minimum Gasteiger partial charge on any atom is -0.507 e. The van der Waals surface area contributed by atoms with Gasteiger partial charge in [-0.05, 0) is 60.7 Å². The van der Waals surface area contributed by atoms with Gasteiger partial charge in [-0.2, -0.15) is 0 Å². The molecule has 92 valence electrons. The largest absolute Gasteiger partial charge is 0.507 e. The van der Waals surface area contributed by atoms with Crippen LogP contribution >= 0.6 is 15.9 Å². The highest BCUT2D eigenvalue weighted by molar-refractivity contribution is 9.10. The Balaban J connectivity index is 2.24. The maximum Gasteiger partial charge on any atom is 0.494 e. The lowest BCUT2D eigenvalue weighted by atomic mass is 9.75. The molecule has 0 spiro atoms. The van der Waals surface area contributed by atoms with E-state index in [-0.39, 0.29) is 24.6 Å². The van der Waals surface area contributed by atoms with E-state index in [0.717, 1.165) is 11.9 Å². The van der Waals surface area contributed by atoms with Crippen molar-refractivity contribution >= 4 is 28.5 Å². The van der Waals surface area contributed by atoms with Gasteiger partial charge in [0.1, 0.15) is 5.75 Å². The fourth-order valence-corrected chi connectivity index (χ4v) is 2.53. The number of phenols is 1. The van der Waals surface area contributed by atoms with E-state index in [1.165, 1.54) is 0 Å². The summed E-state index contributed by atoms with van der Waals surface area (Å²) in [7, 11) is -0.370. The first-order valence-corrected chi connectivity index (χ1v) is 6.48. The number of hydrogen-bond acceptors (Lipinski definition) is 3. The Hall–Kier alpha value is -0.515. The smallest absolute Gasteiger partial charge is 0.494 e. The predicted octanol–water partition coefficient (Wildman–Crippen LogP) is 2.45. The van der Waals surface area contributed by atoms with Gasteiger partial charge < -0.3 is 14.4 Å². The van der Waals surface area contributed by atoms with Gasteiger partial charge in [0, 0.05) is 6.10 Å². The second kappa shape index (κ2) is 4.63. The molecule has 1 fully saturated rings. The van der Waals surface area contributed by atoms with Gasteiger partial charge in [0.15, 0.2) is 0 Å². The van der Waals surface area contributed by atoms with Crippen LogP contribution in [0.3, 0.4) is 0 Å². The molecule has 0 amide bonds. The summed E-state index contributed by atoms with van der Waals surface area (Å²) in [5, 5.41) is 9.47. The second-order valence-corrected chi connectivity index (χ2v) is 5.93. The number of hydrogen-bond donors (Lipinski definition) is 1. The number of aromatic hydroxyl groups is 1. The molecule has 1 aromatic rings. The minimum atomic E-state index is -0.370. The standard InChI is InChI=1S/C12H16BBrO3/c1-8-7-12(2,3)17-13(16-8)9-4-5-11(15)10(14)6-9/h4-6,8,15H,7H2,1-3H3/t8-/m1/s1. The molecule has 1 N–H and O–H groups in total. The van der Waals surface area contributed by atoms with E-state index in [0.29, 0.717) is 4.47 Å². The third-order valence-electron chi connectivity index (χ3n) is 2.80. The molecule has 1 aliphatic rings. The second-order valence-electron chi connectivity index (χ2n) is 5.07. The zero-order chi connectivity index (χ0) is 12.6. The number of benzene rings is 1. The topological polar surface area (TPSA) is 38.7 Å². The normalized spacial score (nSPS) is 23.8. The Morgan fingerprint density at radius 1 is 1.47 bits per heavy atom. The lowest BCUT2D eigenvalue weighted by Crippen LogP contribution is -2.51. The summed E-state index contributed by atoms with van der Waals surface area (Å²) in [6, 6.07) is 5.28. The lowest BCUT2D eigenvalue weighted by molar-refractivity contribution is -0.0229. The summed E-state index contributed by atoms with van der Waals surface area (Å²) >= 11 is 3.30. The lowest BCUT2D eigenvalue weighted by Gasteiger charge is -2.38. The van der Waals surface area contributed by atoms with Crippen molar-refractivity contribution in [3.05, 3.63) is 22.7 Å². The highest BCUT2D eigenvalue weighted by Crippen LogP contribution is 2.27. The van der Waals surface area contributed by atoms with Crippen LogP contribution in [0.25, 0.3) is 0 Å². The summed E-state index contributed by atoms with van der Waals surface area (Å²) in [6.45, 7) is 6.18. The van der Waals surface area contributed by atoms with Gasteiger partial charge in [-0.3, -0.25) is 0 Å². The van der Waals surface area contributed by atoms with Crippen molar-refractivity contribution in [1.29, 1.82) is 0 Å². The quantitative estimate of drug-likeness (QED) is 0.810. The van der Waals surface area contributed by atoms with Crippen molar-refractivity contribution in [1.82, 2.24) is 0 Å². The van der Waals surface area contributed by atoms with Crippen LogP contribution in [0.5, 0.6) is 5.75 Å². The van der Waals surface area contributed by atoms with E-state index in [2.05, 4.69) is 29.8 Å². The van der Waals surface area contributed by atoms with Gasteiger partial charge in [0.2, 0.25) is 0 Å². The Kier molecular flexibility index (Phi) is 3.52. The van der Waals surface area contributed by atoms with E-state index in [1.807, 2.05) is 19.1 Å². The third kappa shape index (κ3) is 3.03. The Morgan fingerprint density at radius 3 is 2.76 bits per heavy atom. The molecule has 0 aliphatic carbocycles. The minimum absolute atomic E-state index is 0.163. The molecule has 0 bridgehead atoms. The Labute approximate surface area is 110 Å². The van der Waals surface area contributed by atoms with Gasteiger partial charge in [-0.1, -0.05) is 6.07 Å². The molecule has 1 heterocycles. The third-order valence-corrected chi connectivity index (χ3v) is 3.44. The maximum atomic E-state index is 9.47. The average molecular weight is 299 g/mol. The van der Waals surface area contributed by atoms with Crippen molar-refractivity contribution in [2.24, 2.45) is 0 Å². The van der Waals surface area contributed by atoms with Crippen LogP contribution in [0, 0.1) is 0 Å². The van der Waals surface area contributed by atoms with Crippen molar-refractivity contribution in [3.8, 4) is 5.75 Å². The first kappa shape index (κ1) is 12.9. The van der Waals surface area contributed by atoms with Crippen LogP contribution in [0.15, 0.2) is 22.7 Å². The van der Waals surface area contributed by atoms with Crippen LogP contribution in [0.1, 0.15) is 27.2 Å². The van der Waals surface area contributed by atoms with Crippen molar-refractivity contribution in [2.75, 3.05) is 0 Å². The molecule has 1 aromatic carbocycles. The van der Waals surface area contributed by atoms with Crippen molar-refractivity contribution in [2.45, 2.75) is 38.9 Å². The summed E-state index contributed by atoms with van der Waals surface area (Å²) in [6.07, 6.45) is 1.04. The molecule has 0 saturated carbocycles. The van der Waals surface area contributed by atoms with Crippen LogP contribution in [-0.4, -0.2) is 23.9 Å². The van der Waals surface area contributed by atoms with Crippen LogP contribution in [-0.2, 0) is 9.31 Å². The maximum absolute atomic E-state index is 9.47. The molecule has 0 unspecified atom stereocenters. The van der Waals surface area contributed by atoms with Crippen LogP contribution in [0.4, 0.5) is 0 Å². The molecule has 17 heavy (non-hydrogen) atoms. The molecular formula is C12H16BBrO3. The molecule has 1 atom stereocenters. The summed E-state index contributed by atoms with van der Waals surface area (Å²) in [4.78, 5) is 0. The van der Waals surface area contributed by atoms with Gasteiger partial charge in [0.05, 0.1) is 10.1 Å². The summed E-state index contributed by atoms with van der Waals surface area (Å²) < 4.78 is 12.3. The molecule has 1 aliphatic heterocycles. The van der Waals surface area contributed by atoms with Crippen LogP contribution < -0.4 is 5.46 Å². The van der Waals surface area contributed by atoms with E-state index in [4.69, 9.17) is 9.31 Å². The number of halogens is 1. The Bertz CT molecular complexity index is 422.